The van der Waals surface area contributed by atoms with Gasteiger partial charge in [0.2, 0.25) is 0 Å². The lowest BCUT2D eigenvalue weighted by molar-refractivity contribution is 0.148. The lowest BCUT2D eigenvalue weighted by Crippen LogP contribution is -2.20. The first kappa shape index (κ1) is 25.9. The summed E-state index contributed by atoms with van der Waals surface area (Å²) < 4.78 is 32.5. The molecular formula is C21H44O4S. The summed E-state index contributed by atoms with van der Waals surface area (Å²) in [6, 6.07) is 0. The van der Waals surface area contributed by atoms with Gasteiger partial charge in [0.15, 0.2) is 0 Å². The summed E-state index contributed by atoms with van der Waals surface area (Å²) in [6.07, 6.45) is 17.0. The SMILES string of the molecule is CCCCCCCC(CCCCCCCCC(O)CCCC)S(=O)(=O)O. The third kappa shape index (κ3) is 16.1. The van der Waals surface area contributed by atoms with Crippen LogP contribution in [-0.4, -0.2) is 29.4 Å². The highest BCUT2D eigenvalue weighted by molar-refractivity contribution is 7.86. The van der Waals surface area contributed by atoms with Crippen LogP contribution in [-0.2, 0) is 10.1 Å². The molecule has 0 rings (SSSR count). The molecule has 0 heterocycles. The summed E-state index contributed by atoms with van der Waals surface area (Å²) in [5, 5.41) is 9.22. The van der Waals surface area contributed by atoms with Gasteiger partial charge >= 0.3 is 0 Å². The fourth-order valence-corrected chi connectivity index (χ4v) is 4.39. The van der Waals surface area contributed by atoms with Crippen molar-refractivity contribution in [3.8, 4) is 0 Å². The summed E-state index contributed by atoms with van der Waals surface area (Å²) >= 11 is 0. The van der Waals surface area contributed by atoms with Gasteiger partial charge < -0.3 is 5.11 Å². The van der Waals surface area contributed by atoms with Crippen molar-refractivity contribution in [2.75, 3.05) is 0 Å². The maximum Gasteiger partial charge on any atom is 0.267 e. The minimum atomic E-state index is -3.90. The molecule has 0 saturated heterocycles. The number of hydrogen-bond donors (Lipinski definition) is 2. The van der Waals surface area contributed by atoms with E-state index in [-0.39, 0.29) is 6.10 Å². The average Bonchev–Trinajstić information content (AvgIpc) is 2.59. The third-order valence-electron chi connectivity index (χ3n) is 5.26. The fourth-order valence-electron chi connectivity index (χ4n) is 3.46. The zero-order valence-corrected chi connectivity index (χ0v) is 18.1. The van der Waals surface area contributed by atoms with E-state index in [0.717, 1.165) is 83.5 Å². The molecule has 0 aromatic heterocycles. The van der Waals surface area contributed by atoms with E-state index >= 15 is 0 Å². The molecule has 0 aliphatic heterocycles. The van der Waals surface area contributed by atoms with Crippen molar-refractivity contribution in [1.29, 1.82) is 0 Å². The van der Waals surface area contributed by atoms with E-state index < -0.39 is 15.4 Å². The predicted molar refractivity (Wildman–Crippen MR) is 111 cm³/mol. The molecule has 0 aliphatic carbocycles. The second-order valence-electron chi connectivity index (χ2n) is 7.83. The Balaban J connectivity index is 3.70. The minimum Gasteiger partial charge on any atom is -0.393 e. The van der Waals surface area contributed by atoms with Crippen molar-refractivity contribution < 1.29 is 18.1 Å². The first-order chi connectivity index (χ1) is 12.4. The van der Waals surface area contributed by atoms with E-state index in [0.29, 0.717) is 12.8 Å². The Morgan fingerprint density at radius 1 is 0.615 bits per heavy atom. The number of aliphatic hydroxyl groups excluding tert-OH is 1. The highest BCUT2D eigenvalue weighted by atomic mass is 32.2. The van der Waals surface area contributed by atoms with Gasteiger partial charge in [-0.05, 0) is 25.7 Å². The molecule has 0 aromatic rings. The maximum absolute atomic E-state index is 11.5. The molecule has 0 radical (unpaired) electrons. The van der Waals surface area contributed by atoms with Crippen LogP contribution in [0.15, 0.2) is 0 Å². The molecule has 2 atom stereocenters. The third-order valence-corrected chi connectivity index (χ3v) is 6.57. The van der Waals surface area contributed by atoms with E-state index in [9.17, 15) is 18.1 Å². The fraction of sp³-hybridized carbons (Fsp3) is 1.00. The molecule has 0 amide bonds. The van der Waals surface area contributed by atoms with Crippen LogP contribution in [0.5, 0.6) is 0 Å². The van der Waals surface area contributed by atoms with Gasteiger partial charge in [-0.15, -0.1) is 0 Å². The number of unbranched alkanes of at least 4 members (excludes halogenated alkanes) is 10. The van der Waals surface area contributed by atoms with Crippen molar-refractivity contribution in [3.05, 3.63) is 0 Å². The van der Waals surface area contributed by atoms with Gasteiger partial charge in [-0.2, -0.15) is 8.42 Å². The van der Waals surface area contributed by atoms with Crippen LogP contribution < -0.4 is 0 Å². The Morgan fingerprint density at radius 3 is 1.46 bits per heavy atom. The maximum atomic E-state index is 11.5. The van der Waals surface area contributed by atoms with E-state index in [1.807, 2.05) is 0 Å². The lowest BCUT2D eigenvalue weighted by Gasteiger charge is -2.13. The zero-order valence-electron chi connectivity index (χ0n) is 17.3. The minimum absolute atomic E-state index is 0.136. The highest BCUT2D eigenvalue weighted by Gasteiger charge is 2.21. The van der Waals surface area contributed by atoms with Crippen LogP contribution in [0.1, 0.15) is 123 Å². The quantitative estimate of drug-likeness (QED) is 0.200. The molecule has 0 saturated carbocycles. The summed E-state index contributed by atoms with van der Waals surface area (Å²) in [6.45, 7) is 4.31. The molecule has 0 aliphatic rings. The van der Waals surface area contributed by atoms with Gasteiger partial charge in [0.1, 0.15) is 0 Å². The largest absolute Gasteiger partial charge is 0.393 e. The molecule has 0 aromatic carbocycles. The van der Waals surface area contributed by atoms with Crippen molar-refractivity contribution in [1.82, 2.24) is 0 Å². The summed E-state index contributed by atoms with van der Waals surface area (Å²) in [5.41, 5.74) is 0. The Morgan fingerprint density at radius 2 is 1.00 bits per heavy atom. The Hall–Kier alpha value is -0.130. The number of hydrogen-bond acceptors (Lipinski definition) is 3. The highest BCUT2D eigenvalue weighted by Crippen LogP contribution is 2.19. The summed E-state index contributed by atoms with van der Waals surface area (Å²) in [4.78, 5) is 0. The summed E-state index contributed by atoms with van der Waals surface area (Å²) in [7, 11) is -3.90. The van der Waals surface area contributed by atoms with Gasteiger partial charge in [-0.3, -0.25) is 4.55 Å². The van der Waals surface area contributed by atoms with Crippen molar-refractivity contribution >= 4 is 10.1 Å². The standard InChI is InChI=1S/C21H44O4S/c1-3-5-7-10-14-18-21(26(23,24)25)19-15-12-9-8-11-13-17-20(22)16-6-4-2/h20-22H,3-19H2,1-2H3,(H,23,24,25). The van der Waals surface area contributed by atoms with E-state index in [1.165, 1.54) is 12.8 Å². The first-order valence-corrected chi connectivity index (χ1v) is 12.6. The zero-order chi connectivity index (χ0) is 19.7. The normalized spacial score (nSPS) is 14.5. The van der Waals surface area contributed by atoms with Crippen LogP contribution in [0, 0.1) is 0 Å². The number of rotatable bonds is 19. The van der Waals surface area contributed by atoms with Crippen molar-refractivity contribution in [2.45, 2.75) is 134 Å². The van der Waals surface area contributed by atoms with Crippen LogP contribution in [0.3, 0.4) is 0 Å². The first-order valence-electron chi connectivity index (χ1n) is 11.1. The van der Waals surface area contributed by atoms with Crippen LogP contribution in [0.2, 0.25) is 0 Å². The van der Waals surface area contributed by atoms with E-state index in [1.54, 1.807) is 0 Å². The molecule has 2 N–H and O–H groups in total. The second-order valence-corrected chi connectivity index (χ2v) is 9.53. The Labute approximate surface area is 162 Å². The lowest BCUT2D eigenvalue weighted by atomic mass is 10.0. The molecule has 26 heavy (non-hydrogen) atoms. The molecule has 0 fully saturated rings. The molecule has 0 bridgehead atoms. The monoisotopic (exact) mass is 392 g/mol. The number of aliphatic hydroxyl groups is 1. The van der Waals surface area contributed by atoms with Crippen molar-refractivity contribution in [2.24, 2.45) is 0 Å². The average molecular weight is 393 g/mol. The molecule has 2 unspecified atom stereocenters. The van der Waals surface area contributed by atoms with Gasteiger partial charge in [-0.25, -0.2) is 0 Å². The predicted octanol–water partition coefficient (Wildman–Crippen LogP) is 6.28. The van der Waals surface area contributed by atoms with Gasteiger partial charge in [0, 0.05) is 0 Å². The summed E-state index contributed by atoms with van der Waals surface area (Å²) in [5.74, 6) is 0. The molecule has 158 valence electrons. The smallest absolute Gasteiger partial charge is 0.267 e. The van der Waals surface area contributed by atoms with Crippen molar-refractivity contribution in [3.63, 3.8) is 0 Å². The Kier molecular flexibility index (Phi) is 16.9. The molecule has 4 nitrogen and oxygen atoms in total. The van der Waals surface area contributed by atoms with Gasteiger partial charge in [-0.1, -0.05) is 97.3 Å². The Bertz CT molecular complexity index is 395. The second kappa shape index (κ2) is 17.0. The van der Waals surface area contributed by atoms with Crippen LogP contribution in [0.25, 0.3) is 0 Å². The molecular weight excluding hydrogens is 348 g/mol. The van der Waals surface area contributed by atoms with E-state index in [4.69, 9.17) is 0 Å². The van der Waals surface area contributed by atoms with Gasteiger partial charge in [0.05, 0.1) is 11.4 Å². The van der Waals surface area contributed by atoms with Crippen LogP contribution in [0.4, 0.5) is 0 Å². The topological polar surface area (TPSA) is 74.6 Å². The molecule has 0 spiro atoms. The van der Waals surface area contributed by atoms with E-state index in [2.05, 4.69) is 13.8 Å². The molecule has 5 heteroatoms. The van der Waals surface area contributed by atoms with Crippen LogP contribution >= 0.6 is 0 Å². The van der Waals surface area contributed by atoms with Gasteiger partial charge in [0.25, 0.3) is 10.1 Å².